The summed E-state index contributed by atoms with van der Waals surface area (Å²) in [5.74, 6) is 0.679. The summed E-state index contributed by atoms with van der Waals surface area (Å²) in [7, 11) is 0. The van der Waals surface area contributed by atoms with Crippen LogP contribution in [0.25, 0.3) is 22.2 Å². The number of aromatic nitrogens is 2. The van der Waals surface area contributed by atoms with E-state index in [0.717, 1.165) is 45.4 Å². The Balaban J connectivity index is 1.57. The molecule has 3 N–H and O–H groups in total. The fourth-order valence-corrected chi connectivity index (χ4v) is 3.52. The summed E-state index contributed by atoms with van der Waals surface area (Å²) in [6.07, 6.45) is 2.44. The monoisotopic (exact) mass is 412 g/mol. The average molecular weight is 412 g/mol. The minimum Gasteiger partial charge on any atom is -0.507 e. The minimum atomic E-state index is -0.372. The van der Waals surface area contributed by atoms with E-state index in [9.17, 15) is 9.90 Å². The molecule has 1 heterocycles. The van der Waals surface area contributed by atoms with E-state index in [2.05, 4.69) is 27.5 Å². The fourth-order valence-electron chi connectivity index (χ4n) is 3.52. The summed E-state index contributed by atoms with van der Waals surface area (Å²) in [4.78, 5) is 21.4. The van der Waals surface area contributed by atoms with Gasteiger partial charge in [-0.2, -0.15) is 0 Å². The summed E-state index contributed by atoms with van der Waals surface area (Å²) in [6, 6.07) is 17.0. The minimum absolute atomic E-state index is 0.311. The van der Waals surface area contributed by atoms with Gasteiger partial charge in [0.15, 0.2) is 5.82 Å². The molecule has 0 saturated carbocycles. The number of aromatic hydroxyl groups is 1. The molecule has 31 heavy (non-hydrogen) atoms. The topological polar surface area (TPSA) is 87.1 Å². The van der Waals surface area contributed by atoms with Gasteiger partial charge in [0.25, 0.3) is 0 Å². The number of phenols is 1. The second kappa shape index (κ2) is 8.44. The van der Waals surface area contributed by atoms with Crippen LogP contribution in [0.3, 0.4) is 0 Å². The van der Waals surface area contributed by atoms with E-state index in [1.54, 1.807) is 6.20 Å². The standard InChI is InChI=1S/C25H24N4O2/c1-4-17-6-5-7-20(12-17)27-25(31)29-23-14-26-21-9-8-18(13-22(21)28-23)19-10-15(2)24(30)16(3)11-19/h5-14,30H,4H2,1-3H3,(H2,27,28,29,31). The molecule has 0 radical (unpaired) electrons. The third-order valence-corrected chi connectivity index (χ3v) is 5.20. The van der Waals surface area contributed by atoms with E-state index in [0.29, 0.717) is 17.1 Å². The number of rotatable bonds is 4. The molecule has 1 aromatic heterocycles. The van der Waals surface area contributed by atoms with Crippen molar-refractivity contribution in [3.8, 4) is 16.9 Å². The van der Waals surface area contributed by atoms with Gasteiger partial charge in [-0.25, -0.2) is 9.78 Å². The zero-order valence-electron chi connectivity index (χ0n) is 17.7. The predicted octanol–water partition coefficient (Wildman–Crippen LogP) is 5.83. The normalized spacial score (nSPS) is 10.8. The number of phenolic OH excluding ortho intramolecular Hbond substituents is 1. The molecular weight excluding hydrogens is 388 g/mol. The van der Waals surface area contributed by atoms with Gasteiger partial charge in [0.1, 0.15) is 5.75 Å². The quantitative estimate of drug-likeness (QED) is 0.394. The molecule has 4 rings (SSSR count). The highest BCUT2D eigenvalue weighted by molar-refractivity contribution is 5.99. The average Bonchev–Trinajstić information content (AvgIpc) is 2.76. The van der Waals surface area contributed by atoms with Crippen LogP contribution < -0.4 is 10.6 Å². The first kappa shape index (κ1) is 20.3. The van der Waals surface area contributed by atoms with E-state index in [4.69, 9.17) is 0 Å². The first-order valence-electron chi connectivity index (χ1n) is 10.2. The second-order valence-electron chi connectivity index (χ2n) is 7.55. The molecule has 0 aliphatic rings. The number of urea groups is 1. The summed E-state index contributed by atoms with van der Waals surface area (Å²) >= 11 is 0. The van der Waals surface area contributed by atoms with Gasteiger partial charge in [-0.05, 0) is 84.5 Å². The lowest BCUT2D eigenvalue weighted by molar-refractivity contribution is 0.262. The van der Waals surface area contributed by atoms with E-state index in [1.165, 1.54) is 0 Å². The molecule has 0 spiro atoms. The number of carbonyl (C=O) groups excluding carboxylic acids is 1. The SMILES string of the molecule is CCc1cccc(NC(=O)Nc2cnc3ccc(-c4cc(C)c(O)c(C)c4)cc3n2)c1. The third-order valence-electron chi connectivity index (χ3n) is 5.20. The van der Waals surface area contributed by atoms with Crippen LogP contribution in [0.4, 0.5) is 16.3 Å². The molecule has 0 aliphatic heterocycles. The van der Waals surface area contributed by atoms with Crippen molar-refractivity contribution in [1.29, 1.82) is 0 Å². The van der Waals surface area contributed by atoms with E-state index >= 15 is 0 Å². The van der Waals surface area contributed by atoms with Crippen LogP contribution in [-0.2, 0) is 6.42 Å². The molecule has 0 bridgehead atoms. The Hall–Kier alpha value is -3.93. The van der Waals surface area contributed by atoms with E-state index in [1.807, 2.05) is 68.4 Å². The molecule has 6 heteroatoms. The first-order valence-corrected chi connectivity index (χ1v) is 10.2. The number of anilines is 2. The molecule has 0 aliphatic carbocycles. The Kier molecular flexibility index (Phi) is 5.54. The van der Waals surface area contributed by atoms with Crippen molar-refractivity contribution >= 4 is 28.6 Å². The van der Waals surface area contributed by atoms with Gasteiger partial charge < -0.3 is 10.4 Å². The highest BCUT2D eigenvalue weighted by Crippen LogP contribution is 2.30. The van der Waals surface area contributed by atoms with E-state index in [-0.39, 0.29) is 6.03 Å². The third kappa shape index (κ3) is 4.48. The molecule has 3 aromatic carbocycles. The Bertz CT molecular complexity index is 1260. The zero-order chi connectivity index (χ0) is 22.0. The molecule has 6 nitrogen and oxygen atoms in total. The Labute approximate surface area is 181 Å². The molecule has 4 aromatic rings. The van der Waals surface area contributed by atoms with Crippen molar-refractivity contribution < 1.29 is 9.90 Å². The van der Waals surface area contributed by atoms with Gasteiger partial charge in [0.05, 0.1) is 17.2 Å². The maximum Gasteiger partial charge on any atom is 0.324 e. The van der Waals surface area contributed by atoms with Crippen molar-refractivity contribution in [2.24, 2.45) is 0 Å². The van der Waals surface area contributed by atoms with Crippen molar-refractivity contribution in [2.75, 3.05) is 10.6 Å². The smallest absolute Gasteiger partial charge is 0.324 e. The van der Waals surface area contributed by atoms with Gasteiger partial charge in [-0.3, -0.25) is 10.3 Å². The summed E-state index contributed by atoms with van der Waals surface area (Å²) < 4.78 is 0. The molecule has 0 atom stereocenters. The Morgan fingerprint density at radius 1 is 0.935 bits per heavy atom. The highest BCUT2D eigenvalue weighted by atomic mass is 16.3. The lowest BCUT2D eigenvalue weighted by atomic mass is 9.99. The maximum absolute atomic E-state index is 12.4. The van der Waals surface area contributed by atoms with Crippen LogP contribution >= 0.6 is 0 Å². The molecule has 0 fully saturated rings. The van der Waals surface area contributed by atoms with Gasteiger partial charge in [-0.1, -0.05) is 25.1 Å². The van der Waals surface area contributed by atoms with E-state index < -0.39 is 0 Å². The lowest BCUT2D eigenvalue weighted by Crippen LogP contribution is -2.20. The van der Waals surface area contributed by atoms with Crippen LogP contribution in [0, 0.1) is 13.8 Å². The Morgan fingerprint density at radius 2 is 1.71 bits per heavy atom. The number of aryl methyl sites for hydroxylation is 3. The number of nitrogens with zero attached hydrogens (tertiary/aromatic N) is 2. The van der Waals surface area contributed by atoms with Gasteiger partial charge in [0, 0.05) is 5.69 Å². The number of nitrogens with one attached hydrogen (secondary N) is 2. The summed E-state index contributed by atoms with van der Waals surface area (Å²) in [5, 5.41) is 15.6. The van der Waals surface area contributed by atoms with Crippen LogP contribution in [0.1, 0.15) is 23.6 Å². The zero-order valence-corrected chi connectivity index (χ0v) is 17.7. The van der Waals surface area contributed by atoms with Gasteiger partial charge in [0.2, 0.25) is 0 Å². The van der Waals surface area contributed by atoms with Crippen molar-refractivity contribution in [2.45, 2.75) is 27.2 Å². The molecule has 2 amide bonds. The maximum atomic E-state index is 12.4. The molecule has 156 valence electrons. The van der Waals surface area contributed by atoms with Gasteiger partial charge >= 0.3 is 6.03 Å². The van der Waals surface area contributed by atoms with Crippen LogP contribution in [0.15, 0.2) is 60.8 Å². The molecule has 0 unspecified atom stereocenters. The van der Waals surface area contributed by atoms with Gasteiger partial charge in [-0.15, -0.1) is 0 Å². The number of hydrogen-bond acceptors (Lipinski definition) is 4. The molecule has 0 saturated heterocycles. The first-order chi connectivity index (χ1) is 14.9. The van der Waals surface area contributed by atoms with Crippen LogP contribution in [-0.4, -0.2) is 21.1 Å². The lowest BCUT2D eigenvalue weighted by Gasteiger charge is -2.10. The summed E-state index contributed by atoms with van der Waals surface area (Å²) in [6.45, 7) is 5.83. The largest absolute Gasteiger partial charge is 0.507 e. The Morgan fingerprint density at radius 3 is 2.45 bits per heavy atom. The second-order valence-corrected chi connectivity index (χ2v) is 7.55. The predicted molar refractivity (Wildman–Crippen MR) is 125 cm³/mol. The number of amides is 2. The number of benzene rings is 3. The van der Waals surface area contributed by atoms with Crippen LogP contribution in [0.2, 0.25) is 0 Å². The summed E-state index contributed by atoms with van der Waals surface area (Å²) in [5.41, 5.74) is 6.88. The number of carbonyl (C=O) groups is 1. The highest BCUT2D eigenvalue weighted by Gasteiger charge is 2.09. The van der Waals surface area contributed by atoms with Crippen molar-refractivity contribution in [1.82, 2.24) is 9.97 Å². The van der Waals surface area contributed by atoms with Crippen LogP contribution in [0.5, 0.6) is 5.75 Å². The molecular formula is C25H24N4O2. The van der Waals surface area contributed by atoms with Crippen molar-refractivity contribution in [3.05, 3.63) is 77.5 Å². The fraction of sp³-hybridized carbons (Fsp3) is 0.160. The number of hydrogen-bond donors (Lipinski definition) is 3. The van der Waals surface area contributed by atoms with Crippen molar-refractivity contribution in [3.63, 3.8) is 0 Å². The number of fused-ring (bicyclic) bond motifs is 1.